The van der Waals surface area contributed by atoms with Crippen LogP contribution in [0.1, 0.15) is 18.1 Å². The van der Waals surface area contributed by atoms with E-state index in [1.54, 1.807) is 18.4 Å². The van der Waals surface area contributed by atoms with E-state index in [1.165, 1.54) is 0 Å². The van der Waals surface area contributed by atoms with Crippen molar-refractivity contribution < 1.29 is 9.47 Å². The predicted molar refractivity (Wildman–Crippen MR) is 115 cm³/mol. The molecule has 0 saturated heterocycles. The van der Waals surface area contributed by atoms with Gasteiger partial charge in [-0.15, -0.1) is 6.58 Å². The first kappa shape index (κ1) is 20.7. The molecule has 142 valence electrons. The van der Waals surface area contributed by atoms with Crippen LogP contribution in [0.5, 0.6) is 11.5 Å². The quantitative estimate of drug-likeness (QED) is 0.283. The number of benzene rings is 2. The van der Waals surface area contributed by atoms with E-state index in [0.717, 1.165) is 11.1 Å². The molecule has 0 heterocycles. The lowest BCUT2D eigenvalue weighted by molar-refractivity contribution is 0.269. The molecule has 5 nitrogen and oxygen atoms in total. The van der Waals surface area contributed by atoms with Crippen molar-refractivity contribution in [1.82, 2.24) is 10.7 Å². The minimum absolute atomic E-state index is 0.402. The Hall–Kier alpha value is -2.57. The maximum Gasteiger partial charge on any atom is 0.187 e. The first-order valence-corrected chi connectivity index (χ1v) is 9.23. The van der Waals surface area contributed by atoms with E-state index in [4.69, 9.17) is 33.3 Å². The van der Waals surface area contributed by atoms with Crippen LogP contribution in [0.3, 0.4) is 0 Å². The minimum atomic E-state index is 0.402. The normalized spacial score (nSPS) is 10.4. The highest BCUT2D eigenvalue weighted by Crippen LogP contribution is 2.36. The van der Waals surface area contributed by atoms with Gasteiger partial charge in [0, 0.05) is 6.54 Å². The fourth-order valence-corrected chi connectivity index (χ4v) is 2.57. The third-order valence-electron chi connectivity index (χ3n) is 3.34. The molecule has 0 bridgehead atoms. The van der Waals surface area contributed by atoms with Crippen molar-refractivity contribution in [2.24, 2.45) is 5.10 Å². The van der Waals surface area contributed by atoms with Gasteiger partial charge in [-0.2, -0.15) is 5.10 Å². The van der Waals surface area contributed by atoms with Crippen LogP contribution in [0.25, 0.3) is 0 Å². The Morgan fingerprint density at radius 3 is 2.74 bits per heavy atom. The lowest BCUT2D eigenvalue weighted by Gasteiger charge is -2.14. The van der Waals surface area contributed by atoms with Gasteiger partial charge in [0.1, 0.15) is 6.61 Å². The number of hydrazone groups is 1. The van der Waals surface area contributed by atoms with Crippen molar-refractivity contribution in [3.8, 4) is 11.5 Å². The molecular formula is C20H22ClN3O2S. The fourth-order valence-electron chi connectivity index (χ4n) is 2.17. The summed E-state index contributed by atoms with van der Waals surface area (Å²) >= 11 is 11.5. The van der Waals surface area contributed by atoms with Crippen LogP contribution in [0, 0.1) is 0 Å². The number of thiocarbonyl (C=S) groups is 1. The minimum Gasteiger partial charge on any atom is -0.490 e. The smallest absolute Gasteiger partial charge is 0.187 e. The zero-order valence-electron chi connectivity index (χ0n) is 15.1. The second-order valence-corrected chi connectivity index (χ2v) is 6.22. The molecule has 2 aromatic rings. The molecule has 0 spiro atoms. The highest BCUT2D eigenvalue weighted by Gasteiger charge is 2.12. The molecule has 0 aromatic heterocycles. The maximum atomic E-state index is 6.41. The Kier molecular flexibility index (Phi) is 8.61. The third kappa shape index (κ3) is 6.92. The molecule has 7 heteroatoms. The van der Waals surface area contributed by atoms with Crippen molar-refractivity contribution in [1.29, 1.82) is 0 Å². The van der Waals surface area contributed by atoms with Crippen LogP contribution in [0.4, 0.5) is 0 Å². The van der Waals surface area contributed by atoms with Crippen molar-refractivity contribution in [2.45, 2.75) is 13.5 Å². The van der Waals surface area contributed by atoms with E-state index in [9.17, 15) is 0 Å². The molecule has 0 amide bonds. The van der Waals surface area contributed by atoms with E-state index in [1.807, 2.05) is 43.3 Å². The molecular weight excluding hydrogens is 382 g/mol. The zero-order chi connectivity index (χ0) is 19.5. The second-order valence-electron chi connectivity index (χ2n) is 5.41. The largest absolute Gasteiger partial charge is 0.490 e. The Labute approximate surface area is 170 Å². The molecule has 0 atom stereocenters. The van der Waals surface area contributed by atoms with E-state index in [-0.39, 0.29) is 0 Å². The van der Waals surface area contributed by atoms with Crippen LogP contribution in [-0.4, -0.2) is 24.5 Å². The predicted octanol–water partition coefficient (Wildman–Crippen LogP) is 4.30. The summed E-state index contributed by atoms with van der Waals surface area (Å²) in [6.07, 6.45) is 3.32. The molecule has 0 radical (unpaired) electrons. The lowest BCUT2D eigenvalue weighted by atomic mass is 10.2. The average molecular weight is 404 g/mol. The van der Waals surface area contributed by atoms with Gasteiger partial charge < -0.3 is 14.8 Å². The van der Waals surface area contributed by atoms with Crippen LogP contribution in [0.15, 0.2) is 60.2 Å². The summed E-state index contributed by atoms with van der Waals surface area (Å²) in [6, 6.07) is 13.4. The molecule has 0 fully saturated rings. The highest BCUT2D eigenvalue weighted by atomic mass is 35.5. The van der Waals surface area contributed by atoms with Crippen LogP contribution >= 0.6 is 23.8 Å². The molecule has 0 aliphatic heterocycles. The Morgan fingerprint density at radius 2 is 2.04 bits per heavy atom. The number of ether oxygens (including phenoxy) is 2. The molecule has 0 aliphatic carbocycles. The second kappa shape index (κ2) is 11.2. The first-order valence-electron chi connectivity index (χ1n) is 8.45. The molecule has 2 N–H and O–H groups in total. The molecule has 0 unspecified atom stereocenters. The monoisotopic (exact) mass is 403 g/mol. The number of nitrogens with zero attached hydrogens (tertiary/aromatic N) is 1. The summed E-state index contributed by atoms with van der Waals surface area (Å²) in [4.78, 5) is 0. The van der Waals surface area contributed by atoms with E-state index < -0.39 is 0 Å². The highest BCUT2D eigenvalue weighted by molar-refractivity contribution is 7.80. The fraction of sp³-hybridized carbons (Fsp3) is 0.200. The Balaban J connectivity index is 2.10. The van der Waals surface area contributed by atoms with Crippen molar-refractivity contribution in [2.75, 3.05) is 13.2 Å². The number of hydrogen-bond acceptors (Lipinski definition) is 4. The Morgan fingerprint density at radius 1 is 1.26 bits per heavy atom. The van der Waals surface area contributed by atoms with Crippen LogP contribution < -0.4 is 20.2 Å². The van der Waals surface area contributed by atoms with Crippen LogP contribution in [-0.2, 0) is 6.61 Å². The lowest BCUT2D eigenvalue weighted by Crippen LogP contribution is -2.31. The first-order chi connectivity index (χ1) is 13.1. The zero-order valence-corrected chi connectivity index (χ0v) is 16.6. The number of hydrogen-bond donors (Lipinski definition) is 2. The Bertz CT molecular complexity index is 797. The van der Waals surface area contributed by atoms with E-state index in [0.29, 0.717) is 41.4 Å². The summed E-state index contributed by atoms with van der Waals surface area (Å²) in [6.45, 7) is 6.97. The maximum absolute atomic E-state index is 6.41. The molecule has 0 aliphatic rings. The summed E-state index contributed by atoms with van der Waals surface area (Å²) in [5.41, 5.74) is 4.53. The molecule has 2 aromatic carbocycles. The van der Waals surface area contributed by atoms with Gasteiger partial charge in [0.2, 0.25) is 0 Å². The van der Waals surface area contributed by atoms with Gasteiger partial charge in [-0.05, 0) is 42.4 Å². The third-order valence-corrected chi connectivity index (χ3v) is 3.86. The van der Waals surface area contributed by atoms with Gasteiger partial charge in [-0.25, -0.2) is 0 Å². The summed E-state index contributed by atoms with van der Waals surface area (Å²) < 4.78 is 11.6. The average Bonchev–Trinajstić information content (AvgIpc) is 2.67. The van der Waals surface area contributed by atoms with Crippen LogP contribution in [0.2, 0.25) is 5.02 Å². The number of rotatable bonds is 9. The number of halogens is 1. The SMILES string of the molecule is C=CCNC(=S)N/N=C\c1cc(Cl)c(OCc2ccccc2)c(OCC)c1. The van der Waals surface area contributed by atoms with Crippen molar-refractivity contribution in [3.05, 3.63) is 71.3 Å². The standard InChI is InChI=1S/C20H22ClN3O2S/c1-3-10-22-20(27)24-23-13-16-11-17(21)19(18(12-16)25-4-2)26-14-15-8-6-5-7-9-15/h3,5-9,11-13H,1,4,10,14H2,2H3,(H2,22,24,27)/b23-13-. The van der Waals surface area contributed by atoms with Gasteiger partial charge in [0.05, 0.1) is 17.8 Å². The van der Waals surface area contributed by atoms with Crippen molar-refractivity contribution in [3.63, 3.8) is 0 Å². The number of nitrogens with one attached hydrogen (secondary N) is 2. The molecule has 2 rings (SSSR count). The van der Waals surface area contributed by atoms with E-state index >= 15 is 0 Å². The van der Waals surface area contributed by atoms with E-state index in [2.05, 4.69) is 22.4 Å². The van der Waals surface area contributed by atoms with Gasteiger partial charge in [-0.3, -0.25) is 5.43 Å². The summed E-state index contributed by atoms with van der Waals surface area (Å²) in [7, 11) is 0. The summed E-state index contributed by atoms with van der Waals surface area (Å²) in [5, 5.41) is 7.87. The molecule has 0 saturated carbocycles. The van der Waals surface area contributed by atoms with Gasteiger partial charge in [0.15, 0.2) is 16.6 Å². The summed E-state index contributed by atoms with van der Waals surface area (Å²) in [5.74, 6) is 1.07. The molecule has 27 heavy (non-hydrogen) atoms. The van der Waals surface area contributed by atoms with Crippen molar-refractivity contribution >= 4 is 35.1 Å². The van der Waals surface area contributed by atoms with Gasteiger partial charge in [-0.1, -0.05) is 48.0 Å². The topological polar surface area (TPSA) is 54.9 Å². The van der Waals surface area contributed by atoms with Gasteiger partial charge in [0.25, 0.3) is 0 Å². The van der Waals surface area contributed by atoms with Gasteiger partial charge >= 0.3 is 0 Å².